The molecule has 0 radical (unpaired) electrons. The van der Waals surface area contributed by atoms with Crippen LogP contribution < -0.4 is 10.1 Å². The molecule has 5 heteroatoms. The van der Waals surface area contributed by atoms with Gasteiger partial charge in [-0.05, 0) is 41.3 Å². The Morgan fingerprint density at radius 2 is 1.96 bits per heavy atom. The number of nitrogens with one attached hydrogen (secondary N) is 1. The molecule has 0 unspecified atom stereocenters. The highest BCUT2D eigenvalue weighted by molar-refractivity contribution is 5.76. The lowest BCUT2D eigenvalue weighted by atomic mass is 9.97. The van der Waals surface area contributed by atoms with E-state index in [0.717, 1.165) is 11.1 Å². The molecule has 0 spiro atoms. The second-order valence-corrected chi connectivity index (χ2v) is 5.44. The first-order chi connectivity index (χ1) is 11.0. The Bertz CT molecular complexity index is 670. The maximum Gasteiger partial charge on any atom is 0.220 e. The number of carbonyl (C=O) groups is 1. The predicted octanol–water partition coefficient (Wildman–Crippen LogP) is 3.35. The summed E-state index contributed by atoms with van der Waals surface area (Å²) < 4.78 is 17.9. The minimum absolute atomic E-state index is 0.00459. The van der Waals surface area contributed by atoms with E-state index in [9.17, 15) is 14.3 Å². The van der Waals surface area contributed by atoms with Gasteiger partial charge in [-0.3, -0.25) is 4.79 Å². The number of methoxy groups -OCH3 is 1. The summed E-state index contributed by atoms with van der Waals surface area (Å²) in [6, 6.07) is 11.1. The quantitative estimate of drug-likeness (QED) is 0.859. The molecule has 0 aliphatic heterocycles. The van der Waals surface area contributed by atoms with Crippen molar-refractivity contribution in [3.8, 4) is 11.5 Å². The molecule has 0 saturated carbocycles. The number of amides is 1. The number of phenols is 1. The second kappa shape index (κ2) is 7.63. The maximum absolute atomic E-state index is 12.9. The fraction of sp³-hybridized carbons (Fsp3) is 0.278. The van der Waals surface area contributed by atoms with E-state index in [2.05, 4.69) is 5.32 Å². The Balaban J connectivity index is 1.88. The van der Waals surface area contributed by atoms with Gasteiger partial charge in [0.25, 0.3) is 0 Å². The highest BCUT2D eigenvalue weighted by Gasteiger charge is 2.11. The third-order valence-corrected chi connectivity index (χ3v) is 3.66. The SMILES string of the molecule is COc1cc(CNC(=O)C[C@@H](C)c2ccc(F)cc2)ccc1O. The van der Waals surface area contributed by atoms with E-state index in [-0.39, 0.29) is 23.4 Å². The van der Waals surface area contributed by atoms with Crippen LogP contribution >= 0.6 is 0 Å². The van der Waals surface area contributed by atoms with Crippen molar-refractivity contribution in [1.29, 1.82) is 0 Å². The van der Waals surface area contributed by atoms with Gasteiger partial charge in [-0.15, -0.1) is 0 Å². The van der Waals surface area contributed by atoms with Crippen molar-refractivity contribution in [2.45, 2.75) is 25.8 Å². The minimum atomic E-state index is -0.285. The third kappa shape index (κ3) is 4.71. The number of carbonyl (C=O) groups excluding carboxylic acids is 1. The number of hydrogen-bond donors (Lipinski definition) is 2. The molecule has 0 bridgehead atoms. The summed E-state index contributed by atoms with van der Waals surface area (Å²) in [4.78, 5) is 12.0. The zero-order valence-electron chi connectivity index (χ0n) is 13.2. The van der Waals surface area contributed by atoms with Crippen LogP contribution in [0.3, 0.4) is 0 Å². The van der Waals surface area contributed by atoms with Crippen LogP contribution in [0, 0.1) is 5.82 Å². The first kappa shape index (κ1) is 16.8. The van der Waals surface area contributed by atoms with Gasteiger partial charge in [0.05, 0.1) is 7.11 Å². The Morgan fingerprint density at radius 1 is 1.26 bits per heavy atom. The van der Waals surface area contributed by atoms with Crippen LogP contribution in [0.2, 0.25) is 0 Å². The second-order valence-electron chi connectivity index (χ2n) is 5.44. The lowest BCUT2D eigenvalue weighted by Gasteiger charge is -2.12. The van der Waals surface area contributed by atoms with Gasteiger partial charge in [0.1, 0.15) is 5.82 Å². The summed E-state index contributed by atoms with van der Waals surface area (Å²) >= 11 is 0. The monoisotopic (exact) mass is 317 g/mol. The molecule has 0 heterocycles. The minimum Gasteiger partial charge on any atom is -0.504 e. The molecule has 4 nitrogen and oxygen atoms in total. The van der Waals surface area contributed by atoms with Crippen LogP contribution in [0.1, 0.15) is 30.4 Å². The highest BCUT2D eigenvalue weighted by atomic mass is 19.1. The largest absolute Gasteiger partial charge is 0.504 e. The lowest BCUT2D eigenvalue weighted by Crippen LogP contribution is -2.24. The normalized spacial score (nSPS) is 11.8. The molecule has 0 saturated heterocycles. The van der Waals surface area contributed by atoms with E-state index >= 15 is 0 Å². The molecule has 122 valence electrons. The van der Waals surface area contributed by atoms with Crippen LogP contribution in [-0.2, 0) is 11.3 Å². The average Bonchev–Trinajstić information content (AvgIpc) is 2.54. The molecule has 2 rings (SSSR count). The molecule has 2 aromatic rings. The summed E-state index contributed by atoms with van der Waals surface area (Å²) in [5, 5.41) is 12.4. The van der Waals surface area contributed by atoms with Gasteiger partial charge >= 0.3 is 0 Å². The van der Waals surface area contributed by atoms with Gasteiger partial charge in [0, 0.05) is 13.0 Å². The molecular formula is C18H20FNO3. The number of halogens is 1. The average molecular weight is 317 g/mol. The summed E-state index contributed by atoms with van der Waals surface area (Å²) in [7, 11) is 1.47. The van der Waals surface area contributed by atoms with Crippen LogP contribution in [-0.4, -0.2) is 18.1 Å². The zero-order chi connectivity index (χ0) is 16.8. The highest BCUT2D eigenvalue weighted by Crippen LogP contribution is 2.26. The lowest BCUT2D eigenvalue weighted by molar-refractivity contribution is -0.121. The molecule has 23 heavy (non-hydrogen) atoms. The van der Waals surface area contributed by atoms with E-state index in [1.54, 1.807) is 24.3 Å². The van der Waals surface area contributed by atoms with Gasteiger partial charge < -0.3 is 15.2 Å². The van der Waals surface area contributed by atoms with E-state index in [4.69, 9.17) is 4.74 Å². The maximum atomic E-state index is 12.9. The van der Waals surface area contributed by atoms with Crippen molar-refractivity contribution in [3.05, 3.63) is 59.4 Å². The van der Waals surface area contributed by atoms with E-state index in [1.165, 1.54) is 25.3 Å². The number of aromatic hydroxyl groups is 1. The van der Waals surface area contributed by atoms with Crippen LogP contribution in [0.15, 0.2) is 42.5 Å². The topological polar surface area (TPSA) is 58.6 Å². The van der Waals surface area contributed by atoms with E-state index in [0.29, 0.717) is 18.7 Å². The molecule has 1 atom stereocenters. The number of ether oxygens (including phenoxy) is 1. The van der Waals surface area contributed by atoms with Crippen LogP contribution in [0.25, 0.3) is 0 Å². The molecular weight excluding hydrogens is 297 g/mol. The predicted molar refractivity (Wildman–Crippen MR) is 85.9 cm³/mol. The van der Waals surface area contributed by atoms with Gasteiger partial charge in [0.15, 0.2) is 11.5 Å². The summed E-state index contributed by atoms with van der Waals surface area (Å²) in [5.74, 6) is 0.0643. The van der Waals surface area contributed by atoms with Crippen molar-refractivity contribution in [3.63, 3.8) is 0 Å². The zero-order valence-corrected chi connectivity index (χ0v) is 13.2. The summed E-state index contributed by atoms with van der Waals surface area (Å²) in [6.07, 6.45) is 0.320. The Labute approximate surface area is 134 Å². The third-order valence-electron chi connectivity index (χ3n) is 3.66. The number of rotatable bonds is 6. The Morgan fingerprint density at radius 3 is 2.61 bits per heavy atom. The van der Waals surface area contributed by atoms with Crippen molar-refractivity contribution >= 4 is 5.91 Å². The summed E-state index contributed by atoms with van der Waals surface area (Å²) in [5.41, 5.74) is 1.76. The van der Waals surface area contributed by atoms with Crippen molar-refractivity contribution < 1.29 is 19.0 Å². The molecule has 0 aromatic heterocycles. The number of hydrogen-bond acceptors (Lipinski definition) is 3. The molecule has 2 aromatic carbocycles. The van der Waals surface area contributed by atoms with Crippen LogP contribution in [0.5, 0.6) is 11.5 Å². The number of phenolic OH excluding ortho intramolecular Hbond substituents is 1. The Kier molecular flexibility index (Phi) is 5.57. The number of benzene rings is 2. The smallest absolute Gasteiger partial charge is 0.220 e. The molecule has 2 N–H and O–H groups in total. The fourth-order valence-electron chi connectivity index (χ4n) is 2.29. The van der Waals surface area contributed by atoms with Crippen molar-refractivity contribution in [1.82, 2.24) is 5.32 Å². The van der Waals surface area contributed by atoms with E-state index < -0.39 is 0 Å². The molecule has 0 fully saturated rings. The molecule has 1 amide bonds. The van der Waals surface area contributed by atoms with Gasteiger partial charge in [0.2, 0.25) is 5.91 Å². The van der Waals surface area contributed by atoms with E-state index in [1.807, 2.05) is 6.92 Å². The first-order valence-corrected chi connectivity index (χ1v) is 7.37. The van der Waals surface area contributed by atoms with Gasteiger partial charge in [-0.2, -0.15) is 0 Å². The van der Waals surface area contributed by atoms with Crippen molar-refractivity contribution in [2.24, 2.45) is 0 Å². The standard InChI is InChI=1S/C18H20FNO3/c1-12(14-4-6-15(19)7-5-14)9-18(22)20-11-13-3-8-16(21)17(10-13)23-2/h3-8,10,12,21H,9,11H2,1-2H3,(H,20,22)/t12-/m1/s1. The molecule has 0 aliphatic carbocycles. The van der Waals surface area contributed by atoms with Gasteiger partial charge in [-0.1, -0.05) is 25.1 Å². The fourth-order valence-corrected chi connectivity index (χ4v) is 2.29. The van der Waals surface area contributed by atoms with Gasteiger partial charge in [-0.25, -0.2) is 4.39 Å². The summed E-state index contributed by atoms with van der Waals surface area (Å²) in [6.45, 7) is 2.28. The first-order valence-electron chi connectivity index (χ1n) is 7.37. The van der Waals surface area contributed by atoms with Crippen LogP contribution in [0.4, 0.5) is 4.39 Å². The Hall–Kier alpha value is -2.56. The van der Waals surface area contributed by atoms with Crippen molar-refractivity contribution in [2.75, 3.05) is 7.11 Å². The molecule has 0 aliphatic rings.